The van der Waals surface area contributed by atoms with Crippen LogP contribution in [0.2, 0.25) is 5.02 Å². The number of halogens is 2. The molecule has 0 aromatic heterocycles. The van der Waals surface area contributed by atoms with Crippen LogP contribution in [0, 0.1) is 20.8 Å². The van der Waals surface area contributed by atoms with Crippen LogP contribution in [-0.4, -0.2) is 98.1 Å². The summed E-state index contributed by atoms with van der Waals surface area (Å²) < 4.78 is 40.7. The number of nitrogens with one attached hydrogen (secondary N) is 6. The van der Waals surface area contributed by atoms with Crippen molar-refractivity contribution in [1.29, 1.82) is 0 Å². The Morgan fingerprint density at radius 1 is 0.457 bits per heavy atom. The van der Waals surface area contributed by atoms with Gasteiger partial charge in [-0.1, -0.05) is 142 Å². The van der Waals surface area contributed by atoms with Gasteiger partial charge < -0.3 is 69.8 Å². The Bertz CT molecular complexity index is 3260. The third-order valence-corrected chi connectivity index (χ3v) is 14.2. The minimum Gasteiger partial charge on any atom is -0.460 e. The van der Waals surface area contributed by atoms with Crippen LogP contribution in [0.3, 0.4) is 0 Å². The monoisotopic (exact) mass is 1340 g/mol. The summed E-state index contributed by atoms with van der Waals surface area (Å²) in [5.41, 5.74) is 7.97. The fraction of sp³-hybridized carbons (Fsp3) is 0.417. The van der Waals surface area contributed by atoms with Crippen LogP contribution >= 0.6 is 23.2 Å². The topological polar surface area (TPSA) is 248 Å². The van der Waals surface area contributed by atoms with Crippen molar-refractivity contribution in [2.75, 3.05) is 55.3 Å². The summed E-state index contributed by atoms with van der Waals surface area (Å²) in [6.45, 7) is 27.4. The Kier molecular flexibility index (Phi) is 39.0. The van der Waals surface area contributed by atoms with Gasteiger partial charge in [-0.05, 0) is 174 Å². The van der Waals surface area contributed by atoms with Crippen molar-refractivity contribution in [3.05, 3.63) is 171 Å². The van der Waals surface area contributed by atoms with E-state index in [1.807, 2.05) is 69.3 Å². The van der Waals surface area contributed by atoms with Gasteiger partial charge in [-0.3, -0.25) is 0 Å². The first-order valence-corrected chi connectivity index (χ1v) is 31.7. The highest BCUT2D eigenvalue weighted by molar-refractivity contribution is 6.32. The lowest BCUT2D eigenvalue weighted by Gasteiger charge is -2.25. The minimum absolute atomic E-state index is 0.0159. The van der Waals surface area contributed by atoms with E-state index in [0.29, 0.717) is 57.1 Å². The molecule has 0 aliphatic heterocycles. The third kappa shape index (κ3) is 32.7. The highest BCUT2D eigenvalue weighted by Crippen LogP contribution is 2.34. The van der Waals surface area contributed by atoms with Gasteiger partial charge in [0.15, 0.2) is 17.2 Å². The van der Waals surface area contributed by atoms with Gasteiger partial charge in [0, 0.05) is 49.4 Å². The van der Waals surface area contributed by atoms with E-state index < -0.39 is 42.8 Å². The molecule has 20 nitrogen and oxygen atoms in total. The van der Waals surface area contributed by atoms with Crippen molar-refractivity contribution in [2.45, 2.75) is 145 Å². The number of rotatable bonds is 16. The maximum atomic E-state index is 11.4. The van der Waals surface area contributed by atoms with E-state index in [0.717, 1.165) is 42.4 Å². The lowest BCUT2D eigenvalue weighted by Crippen LogP contribution is -2.24. The van der Waals surface area contributed by atoms with E-state index in [-0.39, 0.29) is 16.7 Å². The predicted octanol–water partition coefficient (Wildman–Crippen LogP) is 17.0. The third-order valence-electron chi connectivity index (χ3n) is 13.6. The molecule has 6 aromatic carbocycles. The van der Waals surface area contributed by atoms with Crippen LogP contribution < -0.4 is 65.1 Å². The standard InChI is InChI=1S/C16H25NO2.2C13H19NO2.C11H14ClNO4.C10H12ClNO2.C9H11NO2/c1-15(2,3)11-8-12(16(4,5)6)10-13(9-11)19-14(18)17-7;1-4-6-10(2)11-7-5-8-12(9-11)16-13(15)14-3;1-4-10(5-2)11-7-6-8-12(9-11)16-13(15)14-3;1-13-11(14)17-9-6-4-3-5-8(9)16-10(7-12)15-2;1-6-4-8(11)9(5-7(6)2)14-10(13)12-3;1-7-4-3-5-8(6-7)12-9(11)10-2/h8-10H,1-7H3,(H,17,18);5,7-10H,4,6H2,1-3H3,(H,14,15);6-10H,4-5H2,1-3H3,(H,14,15);3-6,10H,7H2,1-2H3,(H,13,14);4-5H,1-3H3,(H,12,13);3-6H,1-2H3,(H,10,11). The van der Waals surface area contributed by atoms with Crippen molar-refractivity contribution in [3.63, 3.8) is 0 Å². The summed E-state index contributed by atoms with van der Waals surface area (Å²) in [5, 5.41) is 14.8. The van der Waals surface area contributed by atoms with Gasteiger partial charge in [0.2, 0.25) is 6.29 Å². The zero-order valence-electron chi connectivity index (χ0n) is 58.4. The molecule has 6 N–H and O–H groups in total. The van der Waals surface area contributed by atoms with Crippen LogP contribution in [-0.2, 0) is 15.6 Å². The molecule has 0 aliphatic rings. The smallest absolute Gasteiger partial charge is 0.412 e. The second-order valence-electron chi connectivity index (χ2n) is 23.0. The van der Waals surface area contributed by atoms with Gasteiger partial charge >= 0.3 is 36.6 Å². The lowest BCUT2D eigenvalue weighted by molar-refractivity contribution is -0.0366. The van der Waals surface area contributed by atoms with Crippen molar-refractivity contribution in [1.82, 2.24) is 31.9 Å². The molecule has 516 valence electrons. The van der Waals surface area contributed by atoms with Crippen molar-refractivity contribution in [3.8, 4) is 40.2 Å². The van der Waals surface area contributed by atoms with Crippen molar-refractivity contribution < 1.29 is 66.7 Å². The van der Waals surface area contributed by atoms with Gasteiger partial charge in [0.05, 0.1) is 10.9 Å². The molecule has 94 heavy (non-hydrogen) atoms. The molecule has 0 saturated heterocycles. The molecule has 22 heteroatoms. The molecular weight excluding hydrogens is 1240 g/mol. The molecule has 2 unspecified atom stereocenters. The van der Waals surface area contributed by atoms with Crippen LogP contribution in [0.5, 0.6) is 40.2 Å². The summed E-state index contributed by atoms with van der Waals surface area (Å²) in [4.78, 5) is 66.3. The predicted molar refractivity (Wildman–Crippen MR) is 375 cm³/mol. The second kappa shape index (κ2) is 44.0. The van der Waals surface area contributed by atoms with E-state index in [2.05, 4.69) is 119 Å². The molecule has 2 atom stereocenters. The summed E-state index contributed by atoms with van der Waals surface area (Å²) in [7, 11) is 10.6. The average molecular weight is 1340 g/mol. The number of hydrogen-bond donors (Lipinski definition) is 6. The molecule has 6 aromatic rings. The van der Waals surface area contributed by atoms with Gasteiger partial charge in [0.1, 0.15) is 23.0 Å². The Morgan fingerprint density at radius 3 is 1.27 bits per heavy atom. The number of amides is 6. The molecule has 0 saturated carbocycles. The number of hydrogen-bond acceptors (Lipinski definition) is 14. The van der Waals surface area contributed by atoms with Crippen molar-refractivity contribution in [2.24, 2.45) is 0 Å². The first-order valence-electron chi connectivity index (χ1n) is 30.8. The van der Waals surface area contributed by atoms with Crippen LogP contribution in [0.1, 0.15) is 146 Å². The molecule has 6 amide bonds. The Hall–Kier alpha value is -8.72. The first-order chi connectivity index (χ1) is 44.4. The summed E-state index contributed by atoms with van der Waals surface area (Å²) >= 11 is 11.5. The largest absolute Gasteiger partial charge is 0.460 e. The fourth-order valence-electron chi connectivity index (χ4n) is 7.96. The Morgan fingerprint density at radius 2 is 0.851 bits per heavy atom. The van der Waals surface area contributed by atoms with Gasteiger partial charge in [-0.2, -0.15) is 0 Å². The fourth-order valence-corrected chi connectivity index (χ4v) is 8.41. The molecule has 0 bridgehead atoms. The number of para-hydroxylation sites is 2. The normalized spacial score (nSPS) is 11.0. The first kappa shape index (κ1) is 83.3. The zero-order chi connectivity index (χ0) is 71.1. The molecular formula is C72H100Cl2N6O14. The van der Waals surface area contributed by atoms with E-state index in [4.69, 9.17) is 61.1 Å². The van der Waals surface area contributed by atoms with E-state index in [1.54, 1.807) is 81.8 Å². The summed E-state index contributed by atoms with van der Waals surface area (Å²) in [6.07, 6.45) is 1.07. The van der Waals surface area contributed by atoms with Gasteiger partial charge in [0.25, 0.3) is 0 Å². The van der Waals surface area contributed by atoms with Crippen LogP contribution in [0.15, 0.2) is 127 Å². The SMILES string of the molecule is CCC(CC)c1cccc(OC(=O)NC)c1.CCCC(C)c1cccc(OC(=O)NC)c1.CNC(=O)Oc1cc(C(C)(C)C)cc(C(C)(C)C)c1.CNC(=O)Oc1cc(C)c(C)cc1Cl.CNC(=O)Oc1cccc(C)c1.CNC(=O)Oc1ccccc1OC(CCl)OC. The quantitative estimate of drug-likeness (QED) is 0.0390. The maximum Gasteiger partial charge on any atom is 0.412 e. The molecule has 0 fully saturated rings. The molecule has 0 spiro atoms. The number of benzene rings is 6. The average Bonchev–Trinajstić information content (AvgIpc) is 0.840. The molecule has 6 rings (SSSR count). The summed E-state index contributed by atoms with van der Waals surface area (Å²) in [6, 6.07) is 39.1. The molecule has 0 heterocycles. The number of ether oxygens (including phenoxy) is 8. The highest BCUT2D eigenvalue weighted by atomic mass is 35.5. The Labute approximate surface area is 567 Å². The Balaban J connectivity index is 0.000000567. The van der Waals surface area contributed by atoms with E-state index in [9.17, 15) is 28.8 Å². The summed E-state index contributed by atoms with van der Waals surface area (Å²) in [5.74, 6) is 4.64. The van der Waals surface area contributed by atoms with E-state index in [1.165, 1.54) is 50.5 Å². The van der Waals surface area contributed by atoms with Gasteiger partial charge in [-0.15, -0.1) is 11.6 Å². The van der Waals surface area contributed by atoms with Crippen molar-refractivity contribution >= 4 is 59.8 Å². The maximum absolute atomic E-state index is 11.4. The number of aryl methyl sites for hydroxylation is 3. The molecule has 0 radical (unpaired) electrons. The molecule has 0 aliphatic carbocycles. The number of methoxy groups -OCH3 is 1. The number of alkyl halides is 1. The number of carbonyl (C=O) groups excluding carboxylic acids is 6. The van der Waals surface area contributed by atoms with Gasteiger partial charge in [-0.25, -0.2) is 28.8 Å². The van der Waals surface area contributed by atoms with Crippen LogP contribution in [0.25, 0.3) is 0 Å². The minimum atomic E-state index is -0.592. The number of carbonyl (C=O) groups is 6. The van der Waals surface area contributed by atoms with Crippen LogP contribution in [0.4, 0.5) is 28.8 Å². The highest BCUT2D eigenvalue weighted by Gasteiger charge is 2.22. The van der Waals surface area contributed by atoms with E-state index >= 15 is 0 Å². The zero-order valence-corrected chi connectivity index (χ0v) is 59.9. The second-order valence-corrected chi connectivity index (χ2v) is 23.7. The lowest BCUT2D eigenvalue weighted by atomic mass is 9.80.